The van der Waals surface area contributed by atoms with E-state index < -0.39 is 17.6 Å². The van der Waals surface area contributed by atoms with Gasteiger partial charge in [-0.3, -0.25) is 4.79 Å². The number of anilines is 1. The lowest BCUT2D eigenvalue weighted by Gasteiger charge is -2.15. The molecule has 1 amide bonds. The molecule has 0 radical (unpaired) electrons. The summed E-state index contributed by atoms with van der Waals surface area (Å²) in [5.74, 6) is -0.822. The Kier molecular flexibility index (Phi) is 8.56. The molecule has 0 aliphatic heterocycles. The van der Waals surface area contributed by atoms with Crippen LogP contribution in [0.5, 0.6) is 11.5 Å². The lowest BCUT2D eigenvalue weighted by molar-refractivity contribution is -0.137. The molecule has 10 heteroatoms. The van der Waals surface area contributed by atoms with Gasteiger partial charge in [0, 0.05) is 5.69 Å². The van der Waals surface area contributed by atoms with Gasteiger partial charge >= 0.3 is 6.18 Å². The Hall–Kier alpha value is -4.03. The minimum absolute atomic E-state index is 0.0814. The second-order valence-electron chi connectivity index (χ2n) is 7.38. The number of nitriles is 1. The van der Waals surface area contributed by atoms with Gasteiger partial charge in [-0.05, 0) is 66.6 Å². The van der Waals surface area contributed by atoms with E-state index in [0.29, 0.717) is 11.1 Å². The summed E-state index contributed by atoms with van der Waals surface area (Å²) in [5.41, 5.74) is -0.406. The van der Waals surface area contributed by atoms with Crippen LogP contribution in [0.1, 0.15) is 23.6 Å². The number of rotatable bonds is 8. The van der Waals surface area contributed by atoms with Crippen LogP contribution < -0.4 is 14.8 Å². The summed E-state index contributed by atoms with van der Waals surface area (Å²) < 4.78 is 63.3. The molecule has 0 aromatic heterocycles. The Morgan fingerprint density at radius 2 is 1.83 bits per heavy atom. The van der Waals surface area contributed by atoms with Crippen molar-refractivity contribution >= 4 is 29.3 Å². The van der Waals surface area contributed by atoms with E-state index in [4.69, 9.17) is 21.1 Å². The molecule has 0 aliphatic rings. The maximum atomic E-state index is 13.1. The third kappa shape index (κ3) is 6.99. The van der Waals surface area contributed by atoms with Crippen molar-refractivity contribution in [1.29, 1.82) is 5.26 Å². The molecule has 0 saturated heterocycles. The summed E-state index contributed by atoms with van der Waals surface area (Å²) in [6.07, 6.45) is -3.36. The summed E-state index contributed by atoms with van der Waals surface area (Å²) >= 11 is 6.37. The molecule has 36 heavy (non-hydrogen) atoms. The summed E-state index contributed by atoms with van der Waals surface area (Å²) in [6, 6.07) is 14.5. The first-order valence-electron chi connectivity index (χ1n) is 10.5. The fourth-order valence-corrected chi connectivity index (χ4v) is 3.37. The number of alkyl halides is 3. The molecule has 3 aromatic carbocycles. The summed E-state index contributed by atoms with van der Waals surface area (Å²) in [4.78, 5) is 12.6. The van der Waals surface area contributed by atoms with Crippen molar-refractivity contribution in [3.63, 3.8) is 0 Å². The van der Waals surface area contributed by atoms with Crippen LogP contribution in [0.25, 0.3) is 6.08 Å². The highest BCUT2D eigenvalue weighted by atomic mass is 35.5. The van der Waals surface area contributed by atoms with E-state index in [-0.39, 0.29) is 46.8 Å². The predicted octanol–water partition coefficient (Wildman–Crippen LogP) is 7.02. The number of benzene rings is 3. The van der Waals surface area contributed by atoms with E-state index in [1.165, 1.54) is 36.4 Å². The Morgan fingerprint density at radius 1 is 1.11 bits per heavy atom. The van der Waals surface area contributed by atoms with Gasteiger partial charge in [0.25, 0.3) is 5.91 Å². The minimum Gasteiger partial charge on any atom is -0.490 e. The number of carbonyl (C=O) groups excluding carboxylic acids is 1. The fourth-order valence-electron chi connectivity index (χ4n) is 3.10. The van der Waals surface area contributed by atoms with E-state index in [1.54, 1.807) is 25.1 Å². The third-order valence-electron chi connectivity index (χ3n) is 4.75. The standard InChI is InChI=1S/C26H19ClF4N2O3/c1-2-35-23-12-17(11-22(27)24(23)36-15-16-6-8-20(28)9-7-16)10-18(14-32)25(34)33-21-5-3-4-19(13-21)26(29,30)31/h3-13H,2,15H2,1H3,(H,33,34)/b18-10+. The van der Waals surface area contributed by atoms with E-state index >= 15 is 0 Å². The second-order valence-corrected chi connectivity index (χ2v) is 7.79. The van der Waals surface area contributed by atoms with Gasteiger partial charge < -0.3 is 14.8 Å². The van der Waals surface area contributed by atoms with E-state index in [2.05, 4.69) is 5.32 Å². The number of hydrogen-bond acceptors (Lipinski definition) is 4. The number of ether oxygens (including phenoxy) is 2. The highest BCUT2D eigenvalue weighted by Crippen LogP contribution is 2.38. The van der Waals surface area contributed by atoms with Crippen LogP contribution in [0.4, 0.5) is 23.2 Å². The van der Waals surface area contributed by atoms with Crippen LogP contribution in [0.2, 0.25) is 5.02 Å². The Balaban J connectivity index is 1.84. The van der Waals surface area contributed by atoms with Gasteiger partial charge in [-0.15, -0.1) is 0 Å². The first-order chi connectivity index (χ1) is 17.1. The first-order valence-corrected chi connectivity index (χ1v) is 10.9. The molecule has 0 spiro atoms. The van der Waals surface area contributed by atoms with Crippen LogP contribution >= 0.6 is 11.6 Å². The van der Waals surface area contributed by atoms with Gasteiger partial charge in [-0.1, -0.05) is 29.8 Å². The number of nitrogens with zero attached hydrogens (tertiary/aromatic N) is 1. The Morgan fingerprint density at radius 3 is 2.47 bits per heavy atom. The zero-order valence-electron chi connectivity index (χ0n) is 18.8. The molecule has 0 heterocycles. The van der Waals surface area contributed by atoms with Gasteiger partial charge in [0.2, 0.25) is 0 Å². The van der Waals surface area contributed by atoms with Gasteiger partial charge in [-0.2, -0.15) is 18.4 Å². The van der Waals surface area contributed by atoms with Gasteiger partial charge in [0.15, 0.2) is 11.5 Å². The molecule has 3 aromatic rings. The van der Waals surface area contributed by atoms with Gasteiger partial charge in [0.05, 0.1) is 17.2 Å². The summed E-state index contributed by atoms with van der Waals surface area (Å²) in [7, 11) is 0. The van der Waals surface area contributed by atoms with Crippen LogP contribution in [0.15, 0.2) is 66.2 Å². The number of hydrogen-bond donors (Lipinski definition) is 1. The monoisotopic (exact) mass is 518 g/mol. The van der Waals surface area contributed by atoms with E-state index in [9.17, 15) is 27.6 Å². The second kappa shape index (κ2) is 11.6. The molecule has 0 aliphatic carbocycles. The lowest BCUT2D eigenvalue weighted by atomic mass is 10.1. The highest BCUT2D eigenvalue weighted by molar-refractivity contribution is 6.32. The van der Waals surface area contributed by atoms with Crippen molar-refractivity contribution < 1.29 is 31.8 Å². The molecule has 0 atom stereocenters. The quantitative estimate of drug-likeness (QED) is 0.197. The molecule has 0 unspecified atom stereocenters. The number of carbonyl (C=O) groups is 1. The molecule has 3 rings (SSSR count). The van der Waals surface area contributed by atoms with E-state index in [0.717, 1.165) is 18.2 Å². The molecule has 5 nitrogen and oxygen atoms in total. The van der Waals surface area contributed by atoms with Crippen molar-refractivity contribution in [2.45, 2.75) is 19.7 Å². The van der Waals surface area contributed by atoms with Crippen molar-refractivity contribution in [3.05, 3.63) is 93.8 Å². The largest absolute Gasteiger partial charge is 0.490 e. The maximum absolute atomic E-state index is 13.1. The molecule has 0 fully saturated rings. The van der Waals surface area contributed by atoms with Crippen LogP contribution in [0, 0.1) is 17.1 Å². The first kappa shape index (κ1) is 26.6. The predicted molar refractivity (Wildman–Crippen MR) is 127 cm³/mol. The summed E-state index contributed by atoms with van der Waals surface area (Å²) in [6.45, 7) is 2.08. The number of halogens is 5. The average molecular weight is 519 g/mol. The van der Waals surface area contributed by atoms with Crippen molar-refractivity contribution in [3.8, 4) is 17.6 Å². The zero-order chi connectivity index (χ0) is 26.3. The fraction of sp³-hybridized carbons (Fsp3) is 0.154. The summed E-state index contributed by atoms with van der Waals surface area (Å²) in [5, 5.41) is 11.9. The highest BCUT2D eigenvalue weighted by Gasteiger charge is 2.30. The Bertz CT molecular complexity index is 1320. The van der Waals surface area contributed by atoms with Crippen molar-refractivity contribution in [1.82, 2.24) is 0 Å². The molecular weight excluding hydrogens is 500 g/mol. The van der Waals surface area contributed by atoms with Gasteiger partial charge in [0.1, 0.15) is 24.1 Å². The number of nitrogens with one attached hydrogen (secondary N) is 1. The maximum Gasteiger partial charge on any atom is 0.416 e. The zero-order valence-corrected chi connectivity index (χ0v) is 19.6. The van der Waals surface area contributed by atoms with Crippen LogP contribution in [0.3, 0.4) is 0 Å². The SMILES string of the molecule is CCOc1cc(/C=C(\C#N)C(=O)Nc2cccc(C(F)(F)F)c2)cc(Cl)c1OCc1ccc(F)cc1. The smallest absolute Gasteiger partial charge is 0.416 e. The van der Waals surface area contributed by atoms with Crippen LogP contribution in [-0.2, 0) is 17.6 Å². The molecule has 0 saturated carbocycles. The minimum atomic E-state index is -4.58. The molecular formula is C26H19ClF4N2O3. The molecule has 1 N–H and O–H groups in total. The topological polar surface area (TPSA) is 71.3 Å². The van der Waals surface area contributed by atoms with Gasteiger partial charge in [-0.25, -0.2) is 4.39 Å². The number of amides is 1. The van der Waals surface area contributed by atoms with Crippen molar-refractivity contribution in [2.24, 2.45) is 0 Å². The molecule has 0 bridgehead atoms. The lowest BCUT2D eigenvalue weighted by Crippen LogP contribution is -2.14. The Labute approximate surface area is 209 Å². The molecule has 186 valence electrons. The van der Waals surface area contributed by atoms with E-state index in [1.807, 2.05) is 0 Å². The normalized spacial score (nSPS) is 11.5. The average Bonchev–Trinajstić information content (AvgIpc) is 2.83. The third-order valence-corrected chi connectivity index (χ3v) is 5.03. The van der Waals surface area contributed by atoms with Crippen molar-refractivity contribution in [2.75, 3.05) is 11.9 Å². The van der Waals surface area contributed by atoms with Crippen LogP contribution in [-0.4, -0.2) is 12.5 Å².